The molecule has 33 heavy (non-hydrogen) atoms. The van der Waals surface area contributed by atoms with Gasteiger partial charge in [0.25, 0.3) is 6.43 Å². The zero-order valence-corrected chi connectivity index (χ0v) is 19.6. The van der Waals surface area contributed by atoms with Crippen molar-refractivity contribution in [3.05, 3.63) is 41.5 Å². The summed E-state index contributed by atoms with van der Waals surface area (Å²) < 4.78 is 34.4. The van der Waals surface area contributed by atoms with Crippen LogP contribution in [0.15, 0.2) is 30.3 Å². The average Bonchev–Trinajstić information content (AvgIpc) is 2.79. The number of hydrogen-bond acceptors (Lipinski definition) is 3. The molecule has 4 rings (SSSR count). The fourth-order valence-electron chi connectivity index (χ4n) is 5.54. The van der Waals surface area contributed by atoms with Crippen LogP contribution in [0.25, 0.3) is 10.8 Å². The maximum absolute atomic E-state index is 14.1. The number of nitrogens with zero attached hydrogens (tertiary/aromatic N) is 1. The Kier molecular flexibility index (Phi) is 7.52. The van der Waals surface area contributed by atoms with Gasteiger partial charge in [-0.15, -0.1) is 0 Å². The van der Waals surface area contributed by atoms with E-state index in [9.17, 15) is 13.6 Å². The maximum atomic E-state index is 14.1. The summed E-state index contributed by atoms with van der Waals surface area (Å²) in [5.74, 6) is 0.397. The van der Waals surface area contributed by atoms with Crippen molar-refractivity contribution in [3.63, 3.8) is 0 Å². The molecule has 1 N–H and O–H groups in total. The van der Waals surface area contributed by atoms with Crippen LogP contribution in [0.1, 0.15) is 82.4 Å². The third kappa shape index (κ3) is 5.65. The predicted octanol–water partition coefficient (Wildman–Crippen LogP) is 6.98. The summed E-state index contributed by atoms with van der Waals surface area (Å²) in [6, 6.07) is 9.43. The van der Waals surface area contributed by atoms with Crippen molar-refractivity contribution >= 4 is 16.7 Å². The molecule has 2 fully saturated rings. The number of fused-ring (bicyclic) bond motifs is 1. The topological polar surface area (TPSA) is 49.8 Å². The van der Waals surface area contributed by atoms with Gasteiger partial charge in [-0.3, -0.25) is 9.69 Å². The van der Waals surface area contributed by atoms with Crippen LogP contribution in [0.5, 0.6) is 5.75 Å². The lowest BCUT2D eigenvalue weighted by Crippen LogP contribution is -2.37. The normalized spacial score (nSPS) is 25.3. The molecular formula is C27H35F2NO3. The number of carboxylic acids is 1. The van der Waals surface area contributed by atoms with Crippen molar-refractivity contribution in [1.29, 1.82) is 0 Å². The van der Waals surface area contributed by atoms with E-state index in [4.69, 9.17) is 9.84 Å². The first-order chi connectivity index (χ1) is 15.8. The van der Waals surface area contributed by atoms with Crippen molar-refractivity contribution in [2.45, 2.75) is 77.4 Å². The van der Waals surface area contributed by atoms with Gasteiger partial charge >= 0.3 is 5.97 Å². The minimum atomic E-state index is -2.60. The molecule has 0 unspecified atom stereocenters. The van der Waals surface area contributed by atoms with E-state index in [1.54, 1.807) is 12.1 Å². The molecule has 0 amide bonds. The number of halogens is 2. The van der Waals surface area contributed by atoms with Crippen molar-refractivity contribution < 1.29 is 23.4 Å². The number of likely N-dealkylation sites (tertiary alicyclic amines) is 1. The zero-order valence-electron chi connectivity index (χ0n) is 19.6. The van der Waals surface area contributed by atoms with Crippen molar-refractivity contribution in [2.24, 2.45) is 11.8 Å². The van der Waals surface area contributed by atoms with Crippen molar-refractivity contribution in [3.8, 4) is 5.75 Å². The number of benzene rings is 2. The maximum Gasteiger partial charge on any atom is 0.303 e. The molecule has 2 aliphatic rings. The first kappa shape index (κ1) is 23.9. The smallest absolute Gasteiger partial charge is 0.303 e. The number of hydrogen-bond donors (Lipinski definition) is 1. The highest BCUT2D eigenvalue weighted by Crippen LogP contribution is 2.39. The quantitative estimate of drug-likeness (QED) is 0.485. The predicted molar refractivity (Wildman–Crippen MR) is 126 cm³/mol. The summed E-state index contributed by atoms with van der Waals surface area (Å²) in [5, 5.41) is 10.5. The molecule has 4 nitrogen and oxygen atoms in total. The molecule has 0 spiro atoms. The molecule has 180 valence electrons. The van der Waals surface area contributed by atoms with Gasteiger partial charge in [0.1, 0.15) is 5.75 Å². The summed E-state index contributed by atoms with van der Waals surface area (Å²) in [6.45, 7) is 6.01. The lowest BCUT2D eigenvalue weighted by Gasteiger charge is -2.36. The molecule has 1 aliphatic heterocycles. The highest BCUT2D eigenvalue weighted by Gasteiger charge is 2.27. The Labute approximate surface area is 194 Å². The van der Waals surface area contributed by atoms with E-state index in [-0.39, 0.29) is 30.0 Å². The van der Waals surface area contributed by atoms with E-state index < -0.39 is 12.4 Å². The third-order valence-corrected chi connectivity index (χ3v) is 7.56. The summed E-state index contributed by atoms with van der Waals surface area (Å²) in [7, 11) is 0. The van der Waals surface area contributed by atoms with Gasteiger partial charge in [0.15, 0.2) is 0 Å². The average molecular weight is 460 g/mol. The zero-order chi connectivity index (χ0) is 23.5. The second kappa shape index (κ2) is 10.4. The Morgan fingerprint density at radius 1 is 1.15 bits per heavy atom. The summed E-state index contributed by atoms with van der Waals surface area (Å²) in [5.41, 5.74) is 1.05. The van der Waals surface area contributed by atoms with Gasteiger partial charge in [-0.2, -0.15) is 0 Å². The van der Waals surface area contributed by atoms with E-state index in [1.807, 2.05) is 18.2 Å². The van der Waals surface area contributed by atoms with Crippen LogP contribution in [0.4, 0.5) is 8.78 Å². The standard InChI is InChI=1S/C27H35F2NO3/c1-17-5-9-22(10-6-17)33-24-12-8-21-15-20(7-11-23(21)26(24)27(28)29)18(2)30-13-3-4-19(16-30)14-25(31)32/h7-8,11-12,15,17-19,22,27H,3-6,9-10,13-14,16H2,1-2H3,(H,31,32)/t17?,18-,19+,22?/m0/s1. The van der Waals surface area contributed by atoms with E-state index in [2.05, 4.69) is 18.7 Å². The second-order valence-electron chi connectivity index (χ2n) is 10.0. The van der Waals surface area contributed by atoms with Gasteiger partial charge in [0, 0.05) is 19.0 Å². The Morgan fingerprint density at radius 3 is 2.61 bits per heavy atom. The first-order valence-corrected chi connectivity index (χ1v) is 12.3. The van der Waals surface area contributed by atoms with Crippen LogP contribution >= 0.6 is 0 Å². The summed E-state index contributed by atoms with van der Waals surface area (Å²) in [6.07, 6.45) is 3.50. The molecule has 0 bridgehead atoms. The molecule has 1 aliphatic carbocycles. The molecule has 1 saturated heterocycles. The lowest BCUT2D eigenvalue weighted by atomic mass is 9.89. The van der Waals surface area contributed by atoms with E-state index >= 15 is 0 Å². The number of alkyl halides is 2. The first-order valence-electron chi connectivity index (χ1n) is 12.3. The fraction of sp³-hybridized carbons (Fsp3) is 0.593. The molecule has 1 saturated carbocycles. The van der Waals surface area contributed by atoms with Gasteiger partial charge in [0.2, 0.25) is 0 Å². The molecule has 6 heteroatoms. The molecule has 2 aromatic carbocycles. The SMILES string of the molecule is CC1CCC(Oc2ccc3cc([C@H](C)N4CCC[C@H](CC(=O)O)C4)ccc3c2C(F)F)CC1. The molecular weight excluding hydrogens is 424 g/mol. The van der Waals surface area contributed by atoms with E-state index in [1.165, 1.54) is 0 Å². The summed E-state index contributed by atoms with van der Waals surface area (Å²) >= 11 is 0. The number of carboxylic acid groups (broad SMARTS) is 1. The van der Waals surface area contributed by atoms with E-state index in [0.29, 0.717) is 17.1 Å². The Morgan fingerprint density at radius 2 is 1.91 bits per heavy atom. The number of ether oxygens (including phenoxy) is 1. The van der Waals surface area contributed by atoms with Crippen LogP contribution in [-0.2, 0) is 4.79 Å². The minimum Gasteiger partial charge on any atom is -0.490 e. The van der Waals surface area contributed by atoms with Crippen LogP contribution in [-0.4, -0.2) is 35.2 Å². The van der Waals surface area contributed by atoms with E-state index in [0.717, 1.165) is 62.6 Å². The van der Waals surface area contributed by atoms with Gasteiger partial charge in [0.05, 0.1) is 11.7 Å². The molecule has 2 atom stereocenters. The Hall–Kier alpha value is -2.21. The molecule has 2 aromatic rings. The van der Waals surface area contributed by atoms with Gasteiger partial charge in [-0.1, -0.05) is 25.1 Å². The highest BCUT2D eigenvalue weighted by molar-refractivity contribution is 5.88. The summed E-state index contributed by atoms with van der Waals surface area (Å²) in [4.78, 5) is 13.4. The third-order valence-electron chi connectivity index (χ3n) is 7.56. The van der Waals surface area contributed by atoms with Crippen molar-refractivity contribution in [2.75, 3.05) is 13.1 Å². The van der Waals surface area contributed by atoms with Crippen molar-refractivity contribution in [1.82, 2.24) is 4.90 Å². The Bertz CT molecular complexity index is 971. The highest BCUT2D eigenvalue weighted by atomic mass is 19.3. The number of aliphatic carboxylic acids is 1. The van der Waals surface area contributed by atoms with Crippen LogP contribution in [0.2, 0.25) is 0 Å². The van der Waals surface area contributed by atoms with Gasteiger partial charge < -0.3 is 9.84 Å². The largest absolute Gasteiger partial charge is 0.490 e. The number of carbonyl (C=O) groups is 1. The number of piperidine rings is 1. The van der Waals surface area contributed by atoms with Crippen LogP contribution < -0.4 is 4.74 Å². The number of rotatable bonds is 7. The lowest BCUT2D eigenvalue weighted by molar-refractivity contribution is -0.138. The molecule has 1 heterocycles. The molecule has 0 radical (unpaired) electrons. The molecule has 0 aromatic heterocycles. The van der Waals surface area contributed by atoms with Gasteiger partial charge in [-0.25, -0.2) is 8.78 Å². The Balaban J connectivity index is 1.55. The fourth-order valence-corrected chi connectivity index (χ4v) is 5.54. The van der Waals surface area contributed by atoms with Crippen LogP contribution in [0, 0.1) is 11.8 Å². The second-order valence-corrected chi connectivity index (χ2v) is 10.0. The van der Waals surface area contributed by atoms with Crippen LogP contribution in [0.3, 0.4) is 0 Å². The minimum absolute atomic E-state index is 0.00768. The van der Waals surface area contributed by atoms with Gasteiger partial charge in [-0.05, 0) is 92.3 Å². The monoisotopic (exact) mass is 459 g/mol.